The predicted octanol–water partition coefficient (Wildman–Crippen LogP) is 1.54. The number of amides is 1. The molecule has 0 fully saturated rings. The third kappa shape index (κ3) is 3.92. The van der Waals surface area contributed by atoms with E-state index in [9.17, 15) is 9.59 Å². The predicted molar refractivity (Wildman–Crippen MR) is 68.8 cm³/mol. The van der Waals surface area contributed by atoms with Crippen LogP contribution in [0.4, 0.5) is 0 Å². The van der Waals surface area contributed by atoms with Crippen molar-refractivity contribution in [2.24, 2.45) is 0 Å². The molecule has 100 valence electrons. The number of nitrogens with one attached hydrogen (secondary N) is 1. The monoisotopic (exact) mass is 280 g/mol. The van der Waals surface area contributed by atoms with Crippen LogP contribution in [0.2, 0.25) is 0 Å². The summed E-state index contributed by atoms with van der Waals surface area (Å²) >= 11 is 1.40. The van der Waals surface area contributed by atoms with E-state index in [0.29, 0.717) is 11.5 Å². The van der Waals surface area contributed by atoms with Gasteiger partial charge in [-0.25, -0.2) is 4.98 Å². The number of carbonyl (C=O) groups is 2. The number of carbonyl (C=O) groups excluding carboxylic acids is 1. The molecule has 2 heterocycles. The summed E-state index contributed by atoms with van der Waals surface area (Å²) in [4.78, 5) is 26.1. The molecule has 0 bridgehead atoms. The Morgan fingerprint density at radius 3 is 3.00 bits per heavy atom. The van der Waals surface area contributed by atoms with Gasteiger partial charge in [0.1, 0.15) is 0 Å². The molecular weight excluding hydrogens is 268 g/mol. The third-order valence-corrected chi connectivity index (χ3v) is 3.19. The van der Waals surface area contributed by atoms with E-state index < -0.39 is 5.97 Å². The smallest absolute Gasteiger partial charge is 0.305 e. The SMILES string of the molecule is O=C(O)CCNC(=O)Cc1csc(-c2ccco2)n1. The lowest BCUT2D eigenvalue weighted by Gasteiger charge is -2.00. The second kappa shape index (κ2) is 6.14. The van der Waals surface area contributed by atoms with Gasteiger partial charge in [0.25, 0.3) is 0 Å². The van der Waals surface area contributed by atoms with Crippen molar-refractivity contribution in [1.29, 1.82) is 0 Å². The molecule has 2 aromatic heterocycles. The van der Waals surface area contributed by atoms with E-state index in [4.69, 9.17) is 9.52 Å². The standard InChI is InChI=1S/C12H12N2O4S/c15-10(13-4-3-11(16)17)6-8-7-19-12(14-8)9-2-1-5-18-9/h1-2,5,7H,3-4,6H2,(H,13,15)(H,16,17). The van der Waals surface area contributed by atoms with E-state index in [0.717, 1.165) is 5.01 Å². The number of nitrogens with zero attached hydrogens (tertiary/aromatic N) is 1. The first-order chi connectivity index (χ1) is 9.15. The van der Waals surface area contributed by atoms with Crippen molar-refractivity contribution < 1.29 is 19.1 Å². The van der Waals surface area contributed by atoms with Gasteiger partial charge in [-0.1, -0.05) is 0 Å². The van der Waals surface area contributed by atoms with E-state index in [1.165, 1.54) is 11.3 Å². The molecule has 2 rings (SSSR count). The largest absolute Gasteiger partial charge is 0.481 e. The van der Waals surface area contributed by atoms with Gasteiger partial charge in [-0.3, -0.25) is 9.59 Å². The molecule has 0 saturated heterocycles. The molecule has 2 aromatic rings. The van der Waals surface area contributed by atoms with Gasteiger partial charge >= 0.3 is 5.97 Å². The molecule has 1 amide bonds. The van der Waals surface area contributed by atoms with Crippen LogP contribution in [0.1, 0.15) is 12.1 Å². The number of aromatic nitrogens is 1. The molecular formula is C12H12N2O4S. The summed E-state index contributed by atoms with van der Waals surface area (Å²) in [7, 11) is 0. The first-order valence-corrected chi connectivity index (χ1v) is 6.50. The van der Waals surface area contributed by atoms with Crippen LogP contribution in [-0.4, -0.2) is 28.5 Å². The van der Waals surface area contributed by atoms with Gasteiger partial charge in [0.05, 0.1) is 24.8 Å². The Bertz CT molecular complexity index is 562. The maximum atomic E-state index is 11.5. The van der Waals surface area contributed by atoms with Gasteiger partial charge < -0.3 is 14.8 Å². The van der Waals surface area contributed by atoms with Crippen LogP contribution in [0.5, 0.6) is 0 Å². The Kier molecular flexibility index (Phi) is 4.30. The zero-order valence-corrected chi connectivity index (χ0v) is 10.8. The number of furan rings is 1. The summed E-state index contributed by atoms with van der Waals surface area (Å²) in [6.07, 6.45) is 1.62. The molecule has 0 unspecified atom stereocenters. The molecule has 19 heavy (non-hydrogen) atoms. The van der Waals surface area contributed by atoms with E-state index >= 15 is 0 Å². The van der Waals surface area contributed by atoms with E-state index in [1.807, 2.05) is 0 Å². The lowest BCUT2D eigenvalue weighted by molar-refractivity contribution is -0.136. The Balaban J connectivity index is 1.86. The Labute approximate surface area is 113 Å². The second-order valence-electron chi connectivity index (χ2n) is 3.79. The number of hydrogen-bond donors (Lipinski definition) is 2. The molecule has 6 nitrogen and oxygen atoms in total. The highest BCUT2D eigenvalue weighted by molar-refractivity contribution is 7.13. The molecule has 0 saturated carbocycles. The highest BCUT2D eigenvalue weighted by Crippen LogP contribution is 2.23. The summed E-state index contributed by atoms with van der Waals surface area (Å²) in [6.45, 7) is 0.128. The van der Waals surface area contributed by atoms with Crippen LogP contribution >= 0.6 is 11.3 Å². The van der Waals surface area contributed by atoms with Gasteiger partial charge in [-0.05, 0) is 12.1 Å². The van der Waals surface area contributed by atoms with Crippen molar-refractivity contribution >= 4 is 23.2 Å². The number of aliphatic carboxylic acids is 1. The Morgan fingerprint density at radius 1 is 1.47 bits per heavy atom. The number of thiazole rings is 1. The van der Waals surface area contributed by atoms with E-state index in [-0.39, 0.29) is 25.3 Å². The van der Waals surface area contributed by atoms with Gasteiger partial charge in [0.15, 0.2) is 10.8 Å². The Morgan fingerprint density at radius 2 is 2.32 bits per heavy atom. The third-order valence-electron chi connectivity index (χ3n) is 2.29. The lowest BCUT2D eigenvalue weighted by Crippen LogP contribution is -2.27. The average Bonchev–Trinajstić information content (AvgIpc) is 2.97. The minimum Gasteiger partial charge on any atom is -0.481 e. The van der Waals surface area contributed by atoms with Gasteiger partial charge in [0.2, 0.25) is 5.91 Å². The summed E-state index contributed by atoms with van der Waals surface area (Å²) in [5, 5.41) is 13.5. The van der Waals surface area contributed by atoms with E-state index in [1.54, 1.807) is 23.8 Å². The number of carboxylic acid groups (broad SMARTS) is 1. The molecule has 0 spiro atoms. The first-order valence-electron chi connectivity index (χ1n) is 5.62. The summed E-state index contributed by atoms with van der Waals surface area (Å²) in [6, 6.07) is 3.57. The van der Waals surface area contributed by atoms with Crippen molar-refractivity contribution in [3.8, 4) is 10.8 Å². The van der Waals surface area contributed by atoms with Crippen molar-refractivity contribution in [2.45, 2.75) is 12.8 Å². The average molecular weight is 280 g/mol. The zero-order valence-electron chi connectivity index (χ0n) is 9.96. The maximum Gasteiger partial charge on any atom is 0.305 e. The van der Waals surface area contributed by atoms with Crippen LogP contribution < -0.4 is 5.32 Å². The molecule has 0 atom stereocenters. The highest BCUT2D eigenvalue weighted by Gasteiger charge is 2.10. The quantitative estimate of drug-likeness (QED) is 0.837. The maximum absolute atomic E-state index is 11.5. The van der Waals surface area contributed by atoms with Crippen LogP contribution in [0, 0.1) is 0 Å². The van der Waals surface area contributed by atoms with Crippen molar-refractivity contribution in [1.82, 2.24) is 10.3 Å². The fourth-order valence-electron chi connectivity index (χ4n) is 1.44. The van der Waals surface area contributed by atoms with Crippen LogP contribution in [-0.2, 0) is 16.0 Å². The highest BCUT2D eigenvalue weighted by atomic mass is 32.1. The Hall–Kier alpha value is -2.15. The minimum atomic E-state index is -0.936. The fraction of sp³-hybridized carbons (Fsp3) is 0.250. The minimum absolute atomic E-state index is 0.0829. The summed E-state index contributed by atoms with van der Waals surface area (Å²) in [5.74, 6) is -0.505. The summed E-state index contributed by atoms with van der Waals surface area (Å²) in [5.41, 5.74) is 0.643. The number of rotatable bonds is 6. The molecule has 2 N–H and O–H groups in total. The summed E-state index contributed by atoms with van der Waals surface area (Å²) < 4.78 is 5.21. The van der Waals surface area contributed by atoms with Crippen LogP contribution in [0.3, 0.4) is 0 Å². The second-order valence-corrected chi connectivity index (χ2v) is 4.65. The fourth-order valence-corrected chi connectivity index (χ4v) is 2.22. The molecule has 0 aliphatic heterocycles. The first kappa shape index (κ1) is 13.3. The van der Waals surface area contributed by atoms with Crippen molar-refractivity contribution in [2.75, 3.05) is 6.54 Å². The van der Waals surface area contributed by atoms with Crippen molar-refractivity contribution in [3.63, 3.8) is 0 Å². The number of carboxylic acids is 1. The zero-order chi connectivity index (χ0) is 13.7. The topological polar surface area (TPSA) is 92.4 Å². The molecule has 7 heteroatoms. The number of hydrogen-bond acceptors (Lipinski definition) is 5. The molecule has 0 aliphatic carbocycles. The van der Waals surface area contributed by atoms with Crippen LogP contribution in [0.25, 0.3) is 10.8 Å². The molecule has 0 aromatic carbocycles. The molecule has 0 aliphatic rings. The van der Waals surface area contributed by atoms with Gasteiger partial charge in [0, 0.05) is 11.9 Å². The van der Waals surface area contributed by atoms with E-state index in [2.05, 4.69) is 10.3 Å². The van der Waals surface area contributed by atoms with Gasteiger partial charge in [-0.2, -0.15) is 0 Å². The van der Waals surface area contributed by atoms with Crippen molar-refractivity contribution in [3.05, 3.63) is 29.5 Å². The normalized spacial score (nSPS) is 10.3. The lowest BCUT2D eigenvalue weighted by atomic mass is 10.3. The molecule has 0 radical (unpaired) electrons. The van der Waals surface area contributed by atoms with Crippen LogP contribution in [0.15, 0.2) is 28.2 Å². The van der Waals surface area contributed by atoms with Gasteiger partial charge in [-0.15, -0.1) is 11.3 Å².